The summed E-state index contributed by atoms with van der Waals surface area (Å²) in [6, 6.07) is 3.55. The van der Waals surface area contributed by atoms with Gasteiger partial charge in [-0.05, 0) is 18.6 Å². The second kappa shape index (κ2) is 4.97. The van der Waals surface area contributed by atoms with Crippen molar-refractivity contribution in [2.75, 3.05) is 0 Å². The molecule has 0 saturated heterocycles. The summed E-state index contributed by atoms with van der Waals surface area (Å²) in [4.78, 5) is 4.15. The predicted octanol–water partition coefficient (Wildman–Crippen LogP) is 2.05. The van der Waals surface area contributed by atoms with E-state index in [0.29, 0.717) is 23.6 Å². The van der Waals surface area contributed by atoms with Gasteiger partial charge in [0.05, 0.1) is 30.4 Å². The first-order valence-electron chi connectivity index (χ1n) is 5.49. The van der Waals surface area contributed by atoms with E-state index in [-0.39, 0.29) is 0 Å². The highest BCUT2D eigenvalue weighted by molar-refractivity contribution is 5.26. The number of aryl methyl sites for hydroxylation is 1. The summed E-state index contributed by atoms with van der Waals surface area (Å²) in [5.41, 5.74) is 0.658. The number of hydrogen-bond acceptors (Lipinski definition) is 4. The van der Waals surface area contributed by atoms with Crippen LogP contribution in [0.4, 0.5) is 0 Å². The van der Waals surface area contributed by atoms with E-state index in [1.54, 1.807) is 35.4 Å². The molecule has 1 N–H and O–H groups in total. The average Bonchev–Trinajstić information content (AvgIpc) is 2.75. The minimum atomic E-state index is -0.512. The Morgan fingerprint density at radius 3 is 2.71 bits per heavy atom. The van der Waals surface area contributed by atoms with Crippen molar-refractivity contribution >= 4 is 0 Å². The normalized spacial score (nSPS) is 12.4. The molecular formula is C12H15N3O2. The van der Waals surface area contributed by atoms with Gasteiger partial charge in [0.15, 0.2) is 5.75 Å². The van der Waals surface area contributed by atoms with Gasteiger partial charge in [-0.3, -0.25) is 9.67 Å². The molecule has 0 spiro atoms. The minimum absolute atomic E-state index is 0.512. The number of aliphatic hydroxyl groups is 1. The lowest BCUT2D eigenvalue weighted by Gasteiger charge is -2.07. The SMILES string of the molecule is CC[C@@H](O)c1ccc(Oc2cnn(C)c2)cn1. The fourth-order valence-corrected chi connectivity index (χ4v) is 1.45. The molecule has 0 radical (unpaired) electrons. The number of nitrogens with zero attached hydrogens (tertiary/aromatic N) is 3. The molecule has 2 rings (SSSR count). The van der Waals surface area contributed by atoms with Crippen molar-refractivity contribution in [3.05, 3.63) is 36.4 Å². The standard InChI is InChI=1S/C12H15N3O2/c1-3-12(16)11-5-4-9(6-13-11)17-10-7-14-15(2)8-10/h4-8,12,16H,3H2,1-2H3/t12-/m1/s1. The molecule has 0 unspecified atom stereocenters. The summed E-state index contributed by atoms with van der Waals surface area (Å²) < 4.78 is 7.20. The van der Waals surface area contributed by atoms with Crippen molar-refractivity contribution < 1.29 is 9.84 Å². The van der Waals surface area contributed by atoms with Gasteiger partial charge >= 0.3 is 0 Å². The van der Waals surface area contributed by atoms with Crippen LogP contribution in [-0.2, 0) is 7.05 Å². The second-order valence-corrected chi connectivity index (χ2v) is 3.79. The minimum Gasteiger partial charge on any atom is -0.452 e. The van der Waals surface area contributed by atoms with E-state index in [2.05, 4.69) is 10.1 Å². The molecule has 0 aliphatic heterocycles. The monoisotopic (exact) mass is 233 g/mol. The van der Waals surface area contributed by atoms with Crippen LogP contribution >= 0.6 is 0 Å². The topological polar surface area (TPSA) is 60.2 Å². The zero-order chi connectivity index (χ0) is 12.3. The van der Waals surface area contributed by atoms with Crippen molar-refractivity contribution in [3.8, 4) is 11.5 Å². The largest absolute Gasteiger partial charge is 0.452 e. The number of aliphatic hydroxyl groups excluding tert-OH is 1. The molecule has 0 aliphatic carbocycles. The van der Waals surface area contributed by atoms with E-state index in [0.717, 1.165) is 0 Å². The van der Waals surface area contributed by atoms with Crippen molar-refractivity contribution in [1.82, 2.24) is 14.8 Å². The van der Waals surface area contributed by atoms with Gasteiger partial charge in [0.25, 0.3) is 0 Å². The highest BCUT2D eigenvalue weighted by atomic mass is 16.5. The number of pyridine rings is 1. The van der Waals surface area contributed by atoms with Gasteiger partial charge in [-0.15, -0.1) is 0 Å². The Hall–Kier alpha value is -1.88. The summed E-state index contributed by atoms with van der Waals surface area (Å²) in [6.07, 6.45) is 5.14. The molecule has 0 amide bonds. The van der Waals surface area contributed by atoms with Crippen LogP contribution in [0.3, 0.4) is 0 Å². The fraction of sp³-hybridized carbons (Fsp3) is 0.333. The lowest BCUT2D eigenvalue weighted by molar-refractivity contribution is 0.169. The Bertz CT molecular complexity index is 479. The van der Waals surface area contributed by atoms with Crippen LogP contribution in [0.2, 0.25) is 0 Å². The first-order valence-corrected chi connectivity index (χ1v) is 5.49. The van der Waals surface area contributed by atoms with Gasteiger partial charge in [0.2, 0.25) is 0 Å². The molecule has 0 saturated carbocycles. The van der Waals surface area contributed by atoms with Crippen LogP contribution in [0.5, 0.6) is 11.5 Å². The highest BCUT2D eigenvalue weighted by Gasteiger charge is 2.06. The second-order valence-electron chi connectivity index (χ2n) is 3.79. The summed E-state index contributed by atoms with van der Waals surface area (Å²) in [5, 5.41) is 13.6. The average molecular weight is 233 g/mol. The Kier molecular flexibility index (Phi) is 3.39. The van der Waals surface area contributed by atoms with E-state index in [1.165, 1.54) is 0 Å². The Morgan fingerprint density at radius 1 is 1.35 bits per heavy atom. The number of rotatable bonds is 4. The summed E-state index contributed by atoms with van der Waals surface area (Å²) in [7, 11) is 1.83. The summed E-state index contributed by atoms with van der Waals surface area (Å²) in [5.74, 6) is 1.29. The van der Waals surface area contributed by atoms with Gasteiger partial charge in [0.1, 0.15) is 5.75 Å². The first-order chi connectivity index (χ1) is 8.19. The van der Waals surface area contributed by atoms with Gasteiger partial charge in [-0.25, -0.2) is 0 Å². The Labute approximate surface area is 99.7 Å². The molecule has 0 bridgehead atoms. The molecule has 90 valence electrons. The van der Waals surface area contributed by atoms with E-state index in [1.807, 2.05) is 14.0 Å². The van der Waals surface area contributed by atoms with Crippen molar-refractivity contribution in [3.63, 3.8) is 0 Å². The summed E-state index contributed by atoms with van der Waals surface area (Å²) >= 11 is 0. The molecule has 0 aliphatic rings. The Morgan fingerprint density at radius 2 is 2.18 bits per heavy atom. The molecule has 0 aromatic carbocycles. The lowest BCUT2D eigenvalue weighted by atomic mass is 10.2. The molecular weight excluding hydrogens is 218 g/mol. The van der Waals surface area contributed by atoms with E-state index >= 15 is 0 Å². The zero-order valence-corrected chi connectivity index (χ0v) is 9.87. The molecule has 17 heavy (non-hydrogen) atoms. The number of aromatic nitrogens is 3. The molecule has 0 fully saturated rings. The molecule has 1 atom stereocenters. The molecule has 2 aromatic heterocycles. The van der Waals surface area contributed by atoms with Crippen molar-refractivity contribution in [2.24, 2.45) is 7.05 Å². The predicted molar refractivity (Wildman–Crippen MR) is 62.8 cm³/mol. The third-order valence-electron chi connectivity index (χ3n) is 2.40. The number of hydrogen-bond donors (Lipinski definition) is 1. The van der Waals surface area contributed by atoms with Gasteiger partial charge < -0.3 is 9.84 Å². The fourth-order valence-electron chi connectivity index (χ4n) is 1.45. The molecule has 5 nitrogen and oxygen atoms in total. The van der Waals surface area contributed by atoms with Crippen LogP contribution in [0.15, 0.2) is 30.7 Å². The number of ether oxygens (including phenoxy) is 1. The smallest absolute Gasteiger partial charge is 0.165 e. The Balaban J connectivity index is 2.08. The van der Waals surface area contributed by atoms with Crippen molar-refractivity contribution in [1.29, 1.82) is 0 Å². The maximum atomic E-state index is 9.60. The maximum absolute atomic E-state index is 9.60. The quantitative estimate of drug-likeness (QED) is 0.878. The maximum Gasteiger partial charge on any atom is 0.165 e. The highest BCUT2D eigenvalue weighted by Crippen LogP contribution is 2.21. The van der Waals surface area contributed by atoms with Crippen LogP contribution in [-0.4, -0.2) is 19.9 Å². The molecule has 2 heterocycles. The van der Waals surface area contributed by atoms with E-state index in [4.69, 9.17) is 4.74 Å². The van der Waals surface area contributed by atoms with E-state index in [9.17, 15) is 5.11 Å². The van der Waals surface area contributed by atoms with Crippen molar-refractivity contribution in [2.45, 2.75) is 19.4 Å². The van der Waals surface area contributed by atoms with Crippen LogP contribution < -0.4 is 4.74 Å². The van der Waals surface area contributed by atoms with Gasteiger partial charge in [-0.1, -0.05) is 6.92 Å². The van der Waals surface area contributed by atoms with Crippen LogP contribution in [0.25, 0.3) is 0 Å². The zero-order valence-electron chi connectivity index (χ0n) is 9.87. The molecule has 5 heteroatoms. The lowest BCUT2D eigenvalue weighted by Crippen LogP contribution is -1.98. The first kappa shape index (κ1) is 11.6. The van der Waals surface area contributed by atoms with Gasteiger partial charge in [0, 0.05) is 7.05 Å². The van der Waals surface area contributed by atoms with Crippen LogP contribution in [0.1, 0.15) is 25.1 Å². The molecule has 2 aromatic rings. The third kappa shape index (κ3) is 2.82. The van der Waals surface area contributed by atoms with Crippen LogP contribution in [0, 0.1) is 0 Å². The van der Waals surface area contributed by atoms with Gasteiger partial charge in [-0.2, -0.15) is 5.10 Å². The summed E-state index contributed by atoms with van der Waals surface area (Å²) in [6.45, 7) is 1.91. The third-order valence-corrected chi connectivity index (χ3v) is 2.40. The van der Waals surface area contributed by atoms with E-state index < -0.39 is 6.10 Å².